The molecule has 5 rings (SSSR count). The third-order valence-corrected chi connectivity index (χ3v) is 4.64. The lowest BCUT2D eigenvalue weighted by Crippen LogP contribution is -2.31. The number of guanidine groups is 1. The highest BCUT2D eigenvalue weighted by Crippen LogP contribution is 2.38. The van der Waals surface area contributed by atoms with Crippen LogP contribution in [0.3, 0.4) is 0 Å². The minimum Gasteiger partial charge on any atom is -0.489 e. The Hall–Kier alpha value is -3.73. The first-order valence-electron chi connectivity index (χ1n) is 8.65. The van der Waals surface area contributed by atoms with Crippen molar-refractivity contribution in [2.75, 3.05) is 18.5 Å². The summed E-state index contributed by atoms with van der Waals surface area (Å²) < 4.78 is 13.6. The number of hydrogen-bond donors (Lipinski definition) is 2. The fourth-order valence-electron chi connectivity index (χ4n) is 3.38. The molecule has 0 fully saturated rings. The Labute approximate surface area is 154 Å². The molecule has 0 spiro atoms. The summed E-state index contributed by atoms with van der Waals surface area (Å²) in [4.78, 5) is 9.21. The predicted molar refractivity (Wildman–Crippen MR) is 99.9 cm³/mol. The molecule has 3 heterocycles. The van der Waals surface area contributed by atoms with Crippen molar-refractivity contribution in [3.05, 3.63) is 47.5 Å². The Bertz CT molecular complexity index is 1110. The van der Waals surface area contributed by atoms with E-state index in [-0.39, 0.29) is 6.17 Å². The summed E-state index contributed by atoms with van der Waals surface area (Å²) >= 11 is 0. The molecule has 0 amide bonds. The van der Waals surface area contributed by atoms with Gasteiger partial charge in [-0.25, -0.2) is 9.98 Å². The van der Waals surface area contributed by atoms with E-state index in [0.717, 1.165) is 23.0 Å². The number of anilines is 1. The van der Waals surface area contributed by atoms with Gasteiger partial charge in [0.05, 0.1) is 35.9 Å². The van der Waals surface area contributed by atoms with Crippen molar-refractivity contribution in [2.24, 2.45) is 10.7 Å². The normalized spacial score (nSPS) is 18.0. The van der Waals surface area contributed by atoms with E-state index in [2.05, 4.69) is 21.4 Å². The van der Waals surface area contributed by atoms with E-state index in [0.29, 0.717) is 42.2 Å². The fraction of sp³-hybridized carbons (Fsp3) is 0.211. The summed E-state index contributed by atoms with van der Waals surface area (Å²) in [5.74, 6) is 2.29. The van der Waals surface area contributed by atoms with Crippen molar-refractivity contribution in [1.29, 1.82) is 5.26 Å². The molecule has 27 heavy (non-hydrogen) atoms. The van der Waals surface area contributed by atoms with Gasteiger partial charge < -0.3 is 15.2 Å². The third kappa shape index (κ3) is 2.52. The number of rotatable bonds is 1. The predicted octanol–water partition coefficient (Wildman–Crippen LogP) is 2.36. The number of nitrogens with one attached hydrogen (secondary N) is 1. The molecule has 0 aliphatic carbocycles. The van der Waals surface area contributed by atoms with Crippen LogP contribution >= 0.6 is 0 Å². The Balaban J connectivity index is 1.68. The number of aliphatic imine (C=N–C) groups is 1. The highest BCUT2D eigenvalue weighted by Gasteiger charge is 2.26. The summed E-state index contributed by atoms with van der Waals surface area (Å²) in [7, 11) is 0. The molecule has 2 aliphatic heterocycles. The number of hydrogen-bond acceptors (Lipinski definition) is 7. The maximum atomic E-state index is 9.03. The van der Waals surface area contributed by atoms with Gasteiger partial charge in [0, 0.05) is 18.6 Å². The standard InChI is InChI=1S/C19H16N6O2/c20-10-11-2-4-12(5-3-11)17-23-18(21)24-19-22-13-8-15-16(9-14(13)25(17)19)27-7-1-6-26-15/h2-5,8-9,17H,1,6-7H2,(H3,21,22,23,24)/t17-/m0/s1. The average Bonchev–Trinajstić information content (AvgIpc) is 2.87. The average molecular weight is 360 g/mol. The Morgan fingerprint density at radius 1 is 1.15 bits per heavy atom. The molecule has 3 aromatic rings. The summed E-state index contributed by atoms with van der Waals surface area (Å²) in [5.41, 5.74) is 9.12. The molecular formula is C19H16N6O2. The van der Waals surface area contributed by atoms with Gasteiger partial charge in [-0.2, -0.15) is 5.26 Å². The molecule has 8 nitrogen and oxygen atoms in total. The van der Waals surface area contributed by atoms with Crippen LogP contribution in [0.15, 0.2) is 41.4 Å². The first-order valence-corrected chi connectivity index (χ1v) is 8.65. The van der Waals surface area contributed by atoms with E-state index in [4.69, 9.17) is 20.5 Å². The van der Waals surface area contributed by atoms with Gasteiger partial charge in [-0.05, 0) is 17.7 Å². The zero-order valence-corrected chi connectivity index (χ0v) is 14.3. The quantitative estimate of drug-likeness (QED) is 0.689. The second-order valence-electron chi connectivity index (χ2n) is 6.39. The molecule has 0 saturated heterocycles. The van der Waals surface area contributed by atoms with Crippen LogP contribution in [0.4, 0.5) is 5.95 Å². The molecule has 0 bridgehead atoms. The number of nitriles is 1. The number of nitrogens with zero attached hydrogens (tertiary/aromatic N) is 4. The molecule has 3 N–H and O–H groups in total. The van der Waals surface area contributed by atoms with Crippen LogP contribution in [-0.2, 0) is 0 Å². The van der Waals surface area contributed by atoms with Crippen molar-refractivity contribution in [3.63, 3.8) is 0 Å². The Kier molecular flexibility index (Phi) is 3.40. The first-order chi connectivity index (χ1) is 13.2. The van der Waals surface area contributed by atoms with Crippen molar-refractivity contribution in [1.82, 2.24) is 9.55 Å². The molecular weight excluding hydrogens is 344 g/mol. The second kappa shape index (κ2) is 5.92. The van der Waals surface area contributed by atoms with Crippen molar-refractivity contribution < 1.29 is 9.47 Å². The van der Waals surface area contributed by atoms with Gasteiger partial charge in [0.15, 0.2) is 23.6 Å². The number of nitrogens with two attached hydrogens (primary N) is 1. The molecule has 2 aliphatic rings. The van der Waals surface area contributed by atoms with Crippen molar-refractivity contribution >= 4 is 22.9 Å². The molecule has 0 saturated carbocycles. The van der Waals surface area contributed by atoms with Crippen LogP contribution < -0.4 is 20.5 Å². The van der Waals surface area contributed by atoms with Crippen molar-refractivity contribution in [3.8, 4) is 17.6 Å². The molecule has 2 aromatic carbocycles. The number of fused-ring (bicyclic) bond motifs is 4. The van der Waals surface area contributed by atoms with E-state index in [1.165, 1.54) is 0 Å². The Morgan fingerprint density at radius 3 is 2.63 bits per heavy atom. The molecule has 0 unspecified atom stereocenters. The van der Waals surface area contributed by atoms with Gasteiger partial charge >= 0.3 is 0 Å². The molecule has 134 valence electrons. The topological polar surface area (TPSA) is 110 Å². The van der Waals surface area contributed by atoms with E-state index in [1.54, 1.807) is 12.1 Å². The van der Waals surface area contributed by atoms with Crippen LogP contribution in [0.2, 0.25) is 0 Å². The lowest BCUT2D eigenvalue weighted by molar-refractivity contribution is 0.297. The van der Waals surface area contributed by atoms with Gasteiger partial charge in [-0.1, -0.05) is 12.1 Å². The molecule has 8 heteroatoms. The minimum absolute atomic E-state index is 0.293. The monoisotopic (exact) mass is 360 g/mol. The number of aromatic nitrogens is 2. The van der Waals surface area contributed by atoms with Crippen molar-refractivity contribution in [2.45, 2.75) is 12.6 Å². The lowest BCUT2D eigenvalue weighted by Gasteiger charge is -2.24. The van der Waals surface area contributed by atoms with E-state index in [1.807, 2.05) is 28.8 Å². The van der Waals surface area contributed by atoms with Gasteiger partial charge in [0.25, 0.3) is 0 Å². The molecule has 1 aromatic heterocycles. The van der Waals surface area contributed by atoms with Gasteiger partial charge in [0.1, 0.15) is 0 Å². The Morgan fingerprint density at radius 2 is 1.89 bits per heavy atom. The van der Waals surface area contributed by atoms with Gasteiger partial charge in [-0.15, -0.1) is 0 Å². The van der Waals surface area contributed by atoms with Crippen LogP contribution in [0, 0.1) is 11.3 Å². The third-order valence-electron chi connectivity index (χ3n) is 4.64. The fourth-order valence-corrected chi connectivity index (χ4v) is 3.38. The summed E-state index contributed by atoms with van der Waals surface area (Å²) in [6.07, 6.45) is 0.456. The largest absolute Gasteiger partial charge is 0.489 e. The van der Waals surface area contributed by atoms with Crippen LogP contribution in [-0.4, -0.2) is 28.7 Å². The summed E-state index contributed by atoms with van der Waals surface area (Å²) in [6.45, 7) is 1.23. The molecule has 1 atom stereocenters. The second-order valence-corrected chi connectivity index (χ2v) is 6.39. The summed E-state index contributed by atoms with van der Waals surface area (Å²) in [6, 6.07) is 13.2. The van der Waals surface area contributed by atoms with E-state index < -0.39 is 0 Å². The maximum absolute atomic E-state index is 9.03. The zero-order valence-electron chi connectivity index (χ0n) is 14.3. The zero-order chi connectivity index (χ0) is 18.4. The van der Waals surface area contributed by atoms with E-state index in [9.17, 15) is 0 Å². The first kappa shape index (κ1) is 15.5. The maximum Gasteiger partial charge on any atom is 0.212 e. The van der Waals surface area contributed by atoms with Crippen LogP contribution in [0.1, 0.15) is 23.7 Å². The minimum atomic E-state index is -0.385. The smallest absolute Gasteiger partial charge is 0.212 e. The van der Waals surface area contributed by atoms with Crippen LogP contribution in [0.5, 0.6) is 11.5 Å². The van der Waals surface area contributed by atoms with Gasteiger partial charge in [-0.3, -0.25) is 9.88 Å². The molecule has 0 radical (unpaired) electrons. The summed E-state index contributed by atoms with van der Waals surface area (Å²) in [5, 5.41) is 12.1. The van der Waals surface area contributed by atoms with E-state index >= 15 is 0 Å². The lowest BCUT2D eigenvalue weighted by atomic mass is 10.1. The van der Waals surface area contributed by atoms with Crippen LogP contribution in [0.25, 0.3) is 11.0 Å². The highest BCUT2D eigenvalue weighted by atomic mass is 16.5. The van der Waals surface area contributed by atoms with Gasteiger partial charge in [0.2, 0.25) is 5.95 Å². The SMILES string of the molecule is N#Cc1ccc([C@H]2N=C(N)Nc3nc4cc5c(cc4n32)OCCCO5)cc1. The number of ether oxygens (including phenoxy) is 2. The number of benzene rings is 2. The number of imidazole rings is 1. The highest BCUT2D eigenvalue weighted by molar-refractivity contribution is 5.95.